The summed E-state index contributed by atoms with van der Waals surface area (Å²) in [6.45, 7) is 2.25. The number of hydrogen-bond donors (Lipinski definition) is 0. The summed E-state index contributed by atoms with van der Waals surface area (Å²) in [4.78, 5) is 0. The number of hydrogen-bond acceptors (Lipinski definition) is 4. The van der Waals surface area contributed by atoms with Crippen molar-refractivity contribution in [3.63, 3.8) is 0 Å². The molecule has 23 heavy (non-hydrogen) atoms. The molecule has 0 bridgehead atoms. The standard InChI is InChI=1S/C17H34O4S.K/c1-2-3-4-5-6-7-8-9-10-11-12-13-14-15-16-17-21-22(18,19)20;/h16-17H,2-15H2,1H3,(H,18,19,20);/q;+1/p-1/b17-16+;. The van der Waals surface area contributed by atoms with E-state index < -0.39 is 10.4 Å². The van der Waals surface area contributed by atoms with Crippen LogP contribution in [0.1, 0.15) is 96.8 Å². The van der Waals surface area contributed by atoms with Crippen LogP contribution in [0.25, 0.3) is 0 Å². The van der Waals surface area contributed by atoms with E-state index in [1.807, 2.05) is 0 Å². The fourth-order valence-electron chi connectivity index (χ4n) is 2.46. The van der Waals surface area contributed by atoms with Gasteiger partial charge < -0.3 is 8.74 Å². The number of unbranched alkanes of at least 4 members (excludes halogenated alkanes) is 13. The predicted molar refractivity (Wildman–Crippen MR) is 90.2 cm³/mol. The summed E-state index contributed by atoms with van der Waals surface area (Å²) >= 11 is 0. The Balaban J connectivity index is 0. The van der Waals surface area contributed by atoms with Gasteiger partial charge in [0.1, 0.15) is 6.26 Å². The van der Waals surface area contributed by atoms with Crippen molar-refractivity contribution in [1.29, 1.82) is 0 Å². The van der Waals surface area contributed by atoms with Gasteiger partial charge in [-0.3, -0.25) is 0 Å². The summed E-state index contributed by atoms with van der Waals surface area (Å²) in [6.07, 6.45) is 20.3. The third-order valence-electron chi connectivity index (χ3n) is 3.74. The smallest absolute Gasteiger partial charge is 0.716 e. The average Bonchev–Trinajstić information content (AvgIpc) is 2.45. The molecule has 0 spiro atoms. The molecule has 0 amide bonds. The molecule has 132 valence electrons. The van der Waals surface area contributed by atoms with Crippen LogP contribution in [0.15, 0.2) is 12.3 Å². The molecule has 0 aromatic heterocycles. The topological polar surface area (TPSA) is 66.4 Å². The van der Waals surface area contributed by atoms with Gasteiger partial charge >= 0.3 is 51.4 Å². The van der Waals surface area contributed by atoms with E-state index in [9.17, 15) is 13.0 Å². The second kappa shape index (κ2) is 19.4. The maximum Gasteiger partial charge on any atom is 1.00 e. The molecule has 0 fully saturated rings. The molecule has 0 aliphatic carbocycles. The zero-order chi connectivity index (χ0) is 16.5. The van der Waals surface area contributed by atoms with Crippen LogP contribution in [0, 0.1) is 0 Å². The van der Waals surface area contributed by atoms with E-state index in [-0.39, 0.29) is 51.4 Å². The molecule has 0 aromatic rings. The zero-order valence-corrected chi connectivity index (χ0v) is 19.0. The van der Waals surface area contributed by atoms with E-state index >= 15 is 0 Å². The van der Waals surface area contributed by atoms with Crippen molar-refractivity contribution in [1.82, 2.24) is 0 Å². The maximum atomic E-state index is 10.2. The van der Waals surface area contributed by atoms with E-state index in [2.05, 4.69) is 11.1 Å². The van der Waals surface area contributed by atoms with Crippen molar-refractivity contribution in [3.05, 3.63) is 12.3 Å². The fraction of sp³-hybridized carbons (Fsp3) is 0.882. The quantitative estimate of drug-likeness (QED) is 0.137. The third-order valence-corrected chi connectivity index (χ3v) is 4.09. The largest absolute Gasteiger partial charge is 1.00 e. The van der Waals surface area contributed by atoms with Crippen LogP contribution >= 0.6 is 0 Å². The van der Waals surface area contributed by atoms with Gasteiger partial charge in [0.2, 0.25) is 0 Å². The molecule has 6 heteroatoms. The van der Waals surface area contributed by atoms with Crippen LogP contribution in [-0.2, 0) is 14.6 Å². The normalized spacial score (nSPS) is 11.6. The van der Waals surface area contributed by atoms with Crippen LogP contribution in [0.4, 0.5) is 0 Å². The summed E-state index contributed by atoms with van der Waals surface area (Å²) in [5.74, 6) is 0. The van der Waals surface area contributed by atoms with Crippen LogP contribution in [0.5, 0.6) is 0 Å². The van der Waals surface area contributed by atoms with Crippen LogP contribution in [0.3, 0.4) is 0 Å². The first-order valence-electron chi connectivity index (χ1n) is 8.85. The predicted octanol–water partition coefficient (Wildman–Crippen LogP) is 2.46. The zero-order valence-electron chi connectivity index (χ0n) is 15.1. The molecule has 0 heterocycles. The minimum absolute atomic E-state index is 0. The monoisotopic (exact) mass is 372 g/mol. The molecule has 0 atom stereocenters. The van der Waals surface area contributed by atoms with E-state index in [0.29, 0.717) is 0 Å². The first-order chi connectivity index (χ1) is 10.6. The van der Waals surface area contributed by atoms with Gasteiger partial charge in [0.15, 0.2) is 0 Å². The molecule has 0 saturated heterocycles. The molecule has 0 saturated carbocycles. The van der Waals surface area contributed by atoms with Gasteiger partial charge in [0.25, 0.3) is 10.4 Å². The molecule has 0 aliphatic heterocycles. The molecule has 0 N–H and O–H groups in total. The van der Waals surface area contributed by atoms with E-state index in [1.165, 1.54) is 70.6 Å². The van der Waals surface area contributed by atoms with E-state index in [1.54, 1.807) is 6.08 Å². The van der Waals surface area contributed by atoms with Crippen molar-refractivity contribution in [2.75, 3.05) is 0 Å². The second-order valence-corrected chi connectivity index (χ2v) is 6.92. The van der Waals surface area contributed by atoms with Gasteiger partial charge in [-0.2, -0.15) is 0 Å². The molecule has 0 rings (SSSR count). The maximum absolute atomic E-state index is 10.2. The van der Waals surface area contributed by atoms with Gasteiger partial charge in [-0.05, 0) is 18.9 Å². The number of allylic oxidation sites excluding steroid dienone is 1. The Morgan fingerprint density at radius 3 is 1.57 bits per heavy atom. The van der Waals surface area contributed by atoms with Crippen molar-refractivity contribution >= 4 is 10.4 Å². The average molecular weight is 373 g/mol. The summed E-state index contributed by atoms with van der Waals surface area (Å²) in [6, 6.07) is 0. The van der Waals surface area contributed by atoms with Gasteiger partial charge in [-0.1, -0.05) is 84.0 Å². The molecular weight excluding hydrogens is 339 g/mol. The van der Waals surface area contributed by atoms with Crippen molar-refractivity contribution in [2.45, 2.75) is 96.8 Å². The third kappa shape index (κ3) is 25.4. The van der Waals surface area contributed by atoms with Crippen molar-refractivity contribution in [3.8, 4) is 0 Å². The minimum Gasteiger partial charge on any atom is -0.716 e. The summed E-state index contributed by atoms with van der Waals surface area (Å²) < 4.78 is 34.4. The minimum atomic E-state index is -4.58. The number of rotatable bonds is 16. The van der Waals surface area contributed by atoms with E-state index in [4.69, 9.17) is 0 Å². The Morgan fingerprint density at radius 2 is 1.17 bits per heavy atom. The van der Waals surface area contributed by atoms with Crippen molar-refractivity contribution < 1.29 is 68.5 Å². The summed E-state index contributed by atoms with van der Waals surface area (Å²) in [5, 5.41) is 0. The Morgan fingerprint density at radius 1 is 0.783 bits per heavy atom. The Kier molecular flexibility index (Phi) is 22.2. The first kappa shape index (κ1) is 26.3. The van der Waals surface area contributed by atoms with Gasteiger partial charge in [-0.15, -0.1) is 0 Å². The SMILES string of the molecule is CCCCCCCCCCCCCCC/C=C/OS(=O)(=O)[O-].[K+]. The Bertz CT molecular complexity index is 356. The first-order valence-corrected chi connectivity index (χ1v) is 10.2. The molecule has 0 aromatic carbocycles. The Labute approximate surface area is 186 Å². The molecule has 4 nitrogen and oxygen atoms in total. The molecular formula is C17H33KO4S. The van der Waals surface area contributed by atoms with Crippen molar-refractivity contribution in [2.24, 2.45) is 0 Å². The molecule has 0 radical (unpaired) electrons. The van der Waals surface area contributed by atoms with E-state index in [0.717, 1.165) is 25.5 Å². The molecule has 0 aliphatic rings. The van der Waals surface area contributed by atoms with Gasteiger partial charge in [0.05, 0.1) is 0 Å². The van der Waals surface area contributed by atoms with Crippen LogP contribution in [0.2, 0.25) is 0 Å². The molecule has 0 unspecified atom stereocenters. The fourth-order valence-corrected chi connectivity index (χ4v) is 2.67. The summed E-state index contributed by atoms with van der Waals surface area (Å²) in [5.41, 5.74) is 0. The van der Waals surface area contributed by atoms with Crippen LogP contribution < -0.4 is 51.4 Å². The van der Waals surface area contributed by atoms with Gasteiger partial charge in [0, 0.05) is 0 Å². The summed E-state index contributed by atoms with van der Waals surface area (Å²) in [7, 11) is -4.58. The van der Waals surface area contributed by atoms with Crippen LogP contribution in [-0.4, -0.2) is 13.0 Å². The second-order valence-electron chi connectivity index (χ2n) is 5.91. The van der Waals surface area contributed by atoms with Gasteiger partial charge in [-0.25, -0.2) is 8.42 Å². The Hall–Kier alpha value is 1.09.